The number of nitrogens with one attached hydrogen (secondary N) is 2. The average Bonchev–Trinajstić information content (AvgIpc) is 2.41. The average molecular weight is 301 g/mol. The number of urea groups is 1. The standard InChI is InChI=1S/C13H17ClN2O4/c1-3-8(12(17)18)7-15-13(19)16-11-6-9(20-2)4-5-10(11)14/h4-6,8H,3,7H2,1-2H3,(H,17,18)(H2,15,16,19). The van der Waals surface area contributed by atoms with Crippen LogP contribution in [0, 0.1) is 5.92 Å². The van der Waals surface area contributed by atoms with Crippen LogP contribution in [0.1, 0.15) is 13.3 Å². The molecule has 0 saturated heterocycles. The largest absolute Gasteiger partial charge is 0.497 e. The number of halogens is 1. The third-order valence-corrected chi connectivity index (χ3v) is 3.10. The fourth-order valence-electron chi connectivity index (χ4n) is 1.52. The van der Waals surface area contributed by atoms with Crippen LogP contribution in [0.4, 0.5) is 10.5 Å². The lowest BCUT2D eigenvalue weighted by Gasteiger charge is -2.13. The Kier molecular flexibility index (Phi) is 6.11. The van der Waals surface area contributed by atoms with Gasteiger partial charge in [-0.3, -0.25) is 4.79 Å². The van der Waals surface area contributed by atoms with Crippen LogP contribution in [-0.2, 0) is 4.79 Å². The van der Waals surface area contributed by atoms with Crippen molar-refractivity contribution in [2.75, 3.05) is 19.0 Å². The number of aliphatic carboxylic acids is 1. The Balaban J connectivity index is 2.60. The number of methoxy groups -OCH3 is 1. The molecule has 1 atom stereocenters. The van der Waals surface area contributed by atoms with Crippen LogP contribution >= 0.6 is 11.6 Å². The summed E-state index contributed by atoms with van der Waals surface area (Å²) in [7, 11) is 1.51. The van der Waals surface area contributed by atoms with Crippen molar-refractivity contribution in [3.05, 3.63) is 23.2 Å². The molecular weight excluding hydrogens is 284 g/mol. The van der Waals surface area contributed by atoms with Gasteiger partial charge in [0.25, 0.3) is 0 Å². The fraction of sp³-hybridized carbons (Fsp3) is 0.385. The van der Waals surface area contributed by atoms with E-state index in [0.717, 1.165) is 0 Å². The van der Waals surface area contributed by atoms with E-state index >= 15 is 0 Å². The molecule has 20 heavy (non-hydrogen) atoms. The molecule has 0 aliphatic heterocycles. The van der Waals surface area contributed by atoms with Crippen LogP contribution in [-0.4, -0.2) is 30.8 Å². The quantitative estimate of drug-likeness (QED) is 0.753. The van der Waals surface area contributed by atoms with E-state index < -0.39 is 17.9 Å². The Morgan fingerprint density at radius 1 is 1.45 bits per heavy atom. The monoisotopic (exact) mass is 300 g/mol. The van der Waals surface area contributed by atoms with Crippen LogP contribution in [0.5, 0.6) is 5.75 Å². The van der Waals surface area contributed by atoms with Crippen molar-refractivity contribution >= 4 is 29.3 Å². The summed E-state index contributed by atoms with van der Waals surface area (Å²) in [5.41, 5.74) is 0.395. The summed E-state index contributed by atoms with van der Waals surface area (Å²) < 4.78 is 5.03. The van der Waals surface area contributed by atoms with Gasteiger partial charge >= 0.3 is 12.0 Å². The molecule has 2 amide bonds. The Labute approximate surface area is 122 Å². The number of hydrogen-bond acceptors (Lipinski definition) is 3. The molecule has 6 nitrogen and oxygen atoms in total. The fourth-order valence-corrected chi connectivity index (χ4v) is 1.68. The maximum Gasteiger partial charge on any atom is 0.319 e. The van der Waals surface area contributed by atoms with E-state index in [1.165, 1.54) is 7.11 Å². The molecule has 0 fully saturated rings. The minimum atomic E-state index is -0.938. The number of carbonyl (C=O) groups excluding carboxylic acids is 1. The van der Waals surface area contributed by atoms with E-state index in [4.69, 9.17) is 21.4 Å². The summed E-state index contributed by atoms with van der Waals surface area (Å²) in [5, 5.41) is 14.3. The zero-order valence-corrected chi connectivity index (χ0v) is 12.0. The van der Waals surface area contributed by atoms with Gasteiger partial charge in [0.15, 0.2) is 0 Å². The second-order valence-corrected chi connectivity index (χ2v) is 4.53. The summed E-state index contributed by atoms with van der Waals surface area (Å²) in [4.78, 5) is 22.5. The van der Waals surface area contributed by atoms with Gasteiger partial charge in [-0.2, -0.15) is 0 Å². The lowest BCUT2D eigenvalue weighted by Crippen LogP contribution is -2.35. The van der Waals surface area contributed by atoms with Gasteiger partial charge in [-0.25, -0.2) is 4.79 Å². The minimum absolute atomic E-state index is 0.0548. The normalized spacial score (nSPS) is 11.6. The van der Waals surface area contributed by atoms with Crippen molar-refractivity contribution in [2.24, 2.45) is 5.92 Å². The maximum atomic E-state index is 11.7. The molecule has 0 heterocycles. The summed E-state index contributed by atoms with van der Waals surface area (Å²) in [6.45, 7) is 1.80. The number of ether oxygens (including phenoxy) is 1. The predicted octanol–water partition coefficient (Wildman–Crippen LogP) is 2.58. The Morgan fingerprint density at radius 3 is 2.70 bits per heavy atom. The first kappa shape index (κ1) is 16.1. The van der Waals surface area contributed by atoms with Crippen LogP contribution in [0.25, 0.3) is 0 Å². The second-order valence-electron chi connectivity index (χ2n) is 4.12. The van der Waals surface area contributed by atoms with Crippen LogP contribution in [0.2, 0.25) is 5.02 Å². The van der Waals surface area contributed by atoms with Gasteiger partial charge in [0.2, 0.25) is 0 Å². The molecule has 0 aliphatic rings. The molecule has 1 unspecified atom stereocenters. The molecule has 1 rings (SSSR count). The smallest absolute Gasteiger partial charge is 0.319 e. The third-order valence-electron chi connectivity index (χ3n) is 2.77. The zero-order valence-electron chi connectivity index (χ0n) is 11.3. The zero-order chi connectivity index (χ0) is 15.1. The molecule has 7 heteroatoms. The molecule has 3 N–H and O–H groups in total. The first-order chi connectivity index (χ1) is 9.47. The van der Waals surface area contributed by atoms with Crippen LogP contribution < -0.4 is 15.4 Å². The molecule has 1 aromatic carbocycles. The lowest BCUT2D eigenvalue weighted by atomic mass is 10.1. The molecule has 0 aromatic heterocycles. The van der Waals surface area contributed by atoms with Gasteiger partial charge in [-0.05, 0) is 18.6 Å². The predicted molar refractivity (Wildman–Crippen MR) is 76.4 cm³/mol. The van der Waals surface area contributed by atoms with E-state index in [0.29, 0.717) is 22.9 Å². The highest BCUT2D eigenvalue weighted by Crippen LogP contribution is 2.26. The molecule has 0 saturated carbocycles. The number of carboxylic acid groups (broad SMARTS) is 1. The summed E-state index contributed by atoms with van der Waals surface area (Å²) in [6.07, 6.45) is 0.440. The first-order valence-corrected chi connectivity index (χ1v) is 6.47. The number of benzene rings is 1. The Bertz CT molecular complexity index is 493. The Morgan fingerprint density at radius 2 is 2.15 bits per heavy atom. The summed E-state index contributed by atoms with van der Waals surface area (Å²) in [5.74, 6) is -0.990. The van der Waals surface area contributed by atoms with Crippen molar-refractivity contribution in [1.82, 2.24) is 5.32 Å². The summed E-state index contributed by atoms with van der Waals surface area (Å²) in [6, 6.07) is 4.33. The molecule has 0 spiro atoms. The van der Waals surface area contributed by atoms with Crippen molar-refractivity contribution in [3.63, 3.8) is 0 Å². The number of amides is 2. The van der Waals surface area contributed by atoms with Crippen molar-refractivity contribution in [1.29, 1.82) is 0 Å². The molecule has 0 aliphatic carbocycles. The third kappa shape index (κ3) is 4.62. The van der Waals surface area contributed by atoms with Crippen LogP contribution in [0.15, 0.2) is 18.2 Å². The molecule has 0 radical (unpaired) electrons. The van der Waals surface area contributed by atoms with Crippen molar-refractivity contribution in [2.45, 2.75) is 13.3 Å². The van der Waals surface area contributed by atoms with Crippen molar-refractivity contribution in [3.8, 4) is 5.75 Å². The molecule has 110 valence electrons. The number of carbonyl (C=O) groups is 2. The van der Waals surface area contributed by atoms with Crippen molar-refractivity contribution < 1.29 is 19.4 Å². The topological polar surface area (TPSA) is 87.7 Å². The molecule has 0 bridgehead atoms. The van der Waals surface area contributed by atoms with Gasteiger partial charge < -0.3 is 20.5 Å². The van der Waals surface area contributed by atoms with Gasteiger partial charge in [0, 0.05) is 12.6 Å². The lowest BCUT2D eigenvalue weighted by molar-refractivity contribution is -0.141. The van der Waals surface area contributed by atoms with E-state index in [1.807, 2.05) is 0 Å². The highest BCUT2D eigenvalue weighted by Gasteiger charge is 2.16. The van der Waals surface area contributed by atoms with E-state index in [1.54, 1.807) is 25.1 Å². The number of rotatable bonds is 6. The van der Waals surface area contributed by atoms with E-state index in [2.05, 4.69) is 10.6 Å². The van der Waals surface area contributed by atoms with Crippen LogP contribution in [0.3, 0.4) is 0 Å². The van der Waals surface area contributed by atoms with Gasteiger partial charge in [0.1, 0.15) is 5.75 Å². The summed E-state index contributed by atoms with van der Waals surface area (Å²) >= 11 is 5.95. The van der Waals surface area contributed by atoms with Gasteiger partial charge in [-0.15, -0.1) is 0 Å². The van der Waals surface area contributed by atoms with E-state index in [-0.39, 0.29) is 6.54 Å². The molecule has 1 aromatic rings. The highest BCUT2D eigenvalue weighted by molar-refractivity contribution is 6.33. The van der Waals surface area contributed by atoms with E-state index in [9.17, 15) is 9.59 Å². The van der Waals surface area contributed by atoms with Gasteiger partial charge in [-0.1, -0.05) is 18.5 Å². The second kappa shape index (κ2) is 7.59. The first-order valence-electron chi connectivity index (χ1n) is 6.09. The maximum absolute atomic E-state index is 11.7. The number of carboxylic acids is 1. The minimum Gasteiger partial charge on any atom is -0.497 e. The SMILES string of the molecule is CCC(CNC(=O)Nc1cc(OC)ccc1Cl)C(=O)O. The highest BCUT2D eigenvalue weighted by atomic mass is 35.5. The number of anilines is 1. The Hall–Kier alpha value is -1.95. The van der Waals surface area contributed by atoms with Gasteiger partial charge in [0.05, 0.1) is 23.7 Å². The number of hydrogen-bond donors (Lipinski definition) is 3. The molecular formula is C13H17ClN2O4.